The van der Waals surface area contributed by atoms with Gasteiger partial charge in [0, 0.05) is 16.3 Å². The number of rotatable bonds is 6. The molecule has 0 radical (unpaired) electrons. The topological polar surface area (TPSA) is 84.5 Å². The molecule has 0 bridgehead atoms. The molecule has 2 aromatic carbocycles. The van der Waals surface area contributed by atoms with Crippen molar-refractivity contribution in [3.05, 3.63) is 64.7 Å². The molecule has 2 amide bonds. The number of benzene rings is 2. The van der Waals surface area contributed by atoms with Crippen LogP contribution >= 0.6 is 11.6 Å². The second-order valence-corrected chi connectivity index (χ2v) is 6.82. The number of esters is 1. The van der Waals surface area contributed by atoms with Gasteiger partial charge in [0.05, 0.1) is 12.5 Å². The van der Waals surface area contributed by atoms with Crippen LogP contribution in [0.3, 0.4) is 0 Å². The Balaban J connectivity index is 1.63. The molecule has 2 aromatic rings. The third kappa shape index (κ3) is 4.28. The molecule has 1 aliphatic rings. The van der Waals surface area contributed by atoms with E-state index in [1.54, 1.807) is 36.4 Å². The van der Waals surface area contributed by atoms with E-state index >= 15 is 0 Å². The SMILES string of the molecule is COC(=O)CNC(=O)c1ccc(NC(=O)C2(c3ccc(Cl)cc3)CC2)cc1. The monoisotopic (exact) mass is 386 g/mol. The quantitative estimate of drug-likeness (QED) is 0.747. The van der Waals surface area contributed by atoms with Gasteiger partial charge in [0.2, 0.25) is 5.91 Å². The molecule has 0 saturated heterocycles. The van der Waals surface area contributed by atoms with Crippen molar-refractivity contribution in [2.24, 2.45) is 0 Å². The average molecular weight is 387 g/mol. The Labute approximate surface area is 161 Å². The van der Waals surface area contributed by atoms with Crippen LogP contribution in [0.2, 0.25) is 5.02 Å². The molecule has 6 nitrogen and oxygen atoms in total. The van der Waals surface area contributed by atoms with Gasteiger partial charge < -0.3 is 15.4 Å². The summed E-state index contributed by atoms with van der Waals surface area (Å²) < 4.78 is 4.47. The maximum atomic E-state index is 12.7. The summed E-state index contributed by atoms with van der Waals surface area (Å²) in [5, 5.41) is 6.00. The molecule has 0 unspecified atom stereocenters. The van der Waals surface area contributed by atoms with Crippen molar-refractivity contribution >= 4 is 35.1 Å². The highest BCUT2D eigenvalue weighted by atomic mass is 35.5. The van der Waals surface area contributed by atoms with Crippen LogP contribution in [-0.4, -0.2) is 31.4 Å². The summed E-state index contributed by atoms with van der Waals surface area (Å²) in [6.45, 7) is -0.197. The van der Waals surface area contributed by atoms with Crippen molar-refractivity contribution in [1.82, 2.24) is 5.32 Å². The van der Waals surface area contributed by atoms with Crippen molar-refractivity contribution in [2.75, 3.05) is 19.0 Å². The van der Waals surface area contributed by atoms with Gasteiger partial charge >= 0.3 is 5.97 Å². The molecular formula is C20H19ClN2O4. The second-order valence-electron chi connectivity index (χ2n) is 6.38. The van der Waals surface area contributed by atoms with Gasteiger partial charge in [-0.05, 0) is 54.8 Å². The lowest BCUT2D eigenvalue weighted by Gasteiger charge is -2.16. The smallest absolute Gasteiger partial charge is 0.325 e. The number of carbonyl (C=O) groups excluding carboxylic acids is 3. The first-order valence-corrected chi connectivity index (χ1v) is 8.85. The zero-order valence-electron chi connectivity index (χ0n) is 14.8. The minimum absolute atomic E-state index is 0.0762. The Morgan fingerprint density at radius 3 is 2.22 bits per heavy atom. The fourth-order valence-corrected chi connectivity index (χ4v) is 2.95. The van der Waals surface area contributed by atoms with Crippen molar-refractivity contribution < 1.29 is 19.1 Å². The van der Waals surface area contributed by atoms with Crippen LogP contribution < -0.4 is 10.6 Å². The number of methoxy groups -OCH3 is 1. The third-order valence-electron chi connectivity index (χ3n) is 4.61. The van der Waals surface area contributed by atoms with Gasteiger partial charge in [-0.2, -0.15) is 0 Å². The maximum Gasteiger partial charge on any atom is 0.325 e. The molecule has 0 spiro atoms. The maximum absolute atomic E-state index is 12.7. The minimum atomic E-state index is -0.524. The van der Waals surface area contributed by atoms with Gasteiger partial charge in [-0.15, -0.1) is 0 Å². The summed E-state index contributed by atoms with van der Waals surface area (Å²) >= 11 is 5.92. The van der Waals surface area contributed by atoms with Crippen LogP contribution in [0.1, 0.15) is 28.8 Å². The van der Waals surface area contributed by atoms with Gasteiger partial charge in [-0.1, -0.05) is 23.7 Å². The predicted molar refractivity (Wildman–Crippen MR) is 102 cm³/mol. The standard InChI is InChI=1S/C20H19ClN2O4/c1-27-17(24)12-22-18(25)13-2-8-16(9-3-13)23-19(26)20(10-11-20)14-4-6-15(21)7-5-14/h2-9H,10-12H2,1H3,(H,22,25)(H,23,26). The van der Waals surface area contributed by atoms with E-state index in [0.29, 0.717) is 16.3 Å². The number of ether oxygens (including phenoxy) is 1. The van der Waals surface area contributed by atoms with Crippen LogP contribution in [0.25, 0.3) is 0 Å². The number of amides is 2. The Bertz CT molecular complexity index is 859. The van der Waals surface area contributed by atoms with Crippen LogP contribution in [0, 0.1) is 0 Å². The van der Waals surface area contributed by atoms with E-state index in [9.17, 15) is 14.4 Å². The number of carbonyl (C=O) groups is 3. The van der Waals surface area contributed by atoms with Gasteiger partial charge in [0.25, 0.3) is 5.91 Å². The molecule has 0 aromatic heterocycles. The Morgan fingerprint density at radius 1 is 1.04 bits per heavy atom. The lowest BCUT2D eigenvalue weighted by atomic mass is 9.95. The molecular weight excluding hydrogens is 368 g/mol. The largest absolute Gasteiger partial charge is 0.468 e. The number of hydrogen-bond donors (Lipinski definition) is 2. The van der Waals surface area contributed by atoms with Crippen LogP contribution in [-0.2, 0) is 19.7 Å². The molecule has 1 saturated carbocycles. The number of halogens is 1. The normalized spacial score (nSPS) is 14.1. The molecule has 7 heteroatoms. The first kappa shape index (κ1) is 18.9. The van der Waals surface area contributed by atoms with Crippen LogP contribution in [0.15, 0.2) is 48.5 Å². The Morgan fingerprint density at radius 2 is 1.67 bits per heavy atom. The van der Waals surface area contributed by atoms with E-state index in [4.69, 9.17) is 11.6 Å². The summed E-state index contributed by atoms with van der Waals surface area (Å²) in [7, 11) is 1.25. The molecule has 27 heavy (non-hydrogen) atoms. The molecule has 0 aliphatic heterocycles. The fraction of sp³-hybridized carbons (Fsp3) is 0.250. The van der Waals surface area contributed by atoms with Gasteiger partial charge in [0.1, 0.15) is 6.54 Å². The first-order chi connectivity index (χ1) is 12.9. The molecule has 1 aliphatic carbocycles. The number of nitrogens with one attached hydrogen (secondary N) is 2. The van der Waals surface area contributed by atoms with Crippen molar-refractivity contribution in [3.8, 4) is 0 Å². The molecule has 1 fully saturated rings. The third-order valence-corrected chi connectivity index (χ3v) is 4.86. The minimum Gasteiger partial charge on any atom is -0.468 e. The summed E-state index contributed by atoms with van der Waals surface area (Å²) in [6, 6.07) is 13.8. The summed E-state index contributed by atoms with van der Waals surface area (Å²) in [6.07, 6.45) is 1.57. The highest BCUT2D eigenvalue weighted by molar-refractivity contribution is 6.30. The van der Waals surface area contributed by atoms with E-state index < -0.39 is 17.3 Å². The second kappa shape index (κ2) is 7.80. The van der Waals surface area contributed by atoms with Crippen molar-refractivity contribution in [3.63, 3.8) is 0 Å². The van der Waals surface area contributed by atoms with Gasteiger partial charge in [-0.3, -0.25) is 14.4 Å². The Kier molecular flexibility index (Phi) is 5.46. The zero-order chi connectivity index (χ0) is 19.4. The van der Waals surface area contributed by atoms with E-state index in [1.165, 1.54) is 7.11 Å². The lowest BCUT2D eigenvalue weighted by Crippen LogP contribution is -2.30. The van der Waals surface area contributed by atoms with Crippen molar-refractivity contribution in [1.29, 1.82) is 0 Å². The zero-order valence-corrected chi connectivity index (χ0v) is 15.5. The highest BCUT2D eigenvalue weighted by Crippen LogP contribution is 2.49. The molecule has 3 rings (SSSR count). The van der Waals surface area contributed by atoms with Gasteiger partial charge in [0.15, 0.2) is 0 Å². The highest BCUT2D eigenvalue weighted by Gasteiger charge is 2.51. The summed E-state index contributed by atoms with van der Waals surface area (Å²) in [5.41, 5.74) is 1.42. The fourth-order valence-electron chi connectivity index (χ4n) is 2.82. The van der Waals surface area contributed by atoms with E-state index in [0.717, 1.165) is 18.4 Å². The van der Waals surface area contributed by atoms with E-state index in [2.05, 4.69) is 15.4 Å². The molecule has 140 valence electrons. The first-order valence-electron chi connectivity index (χ1n) is 8.47. The predicted octanol–water partition coefficient (Wildman–Crippen LogP) is 2.91. The summed E-state index contributed by atoms with van der Waals surface area (Å²) in [5.74, 6) is -0.991. The molecule has 0 atom stereocenters. The number of hydrogen-bond acceptors (Lipinski definition) is 4. The number of anilines is 1. The van der Waals surface area contributed by atoms with Gasteiger partial charge in [-0.25, -0.2) is 0 Å². The molecule has 0 heterocycles. The van der Waals surface area contributed by atoms with E-state index in [1.807, 2.05) is 12.1 Å². The average Bonchev–Trinajstić information content (AvgIpc) is 3.49. The Hall–Kier alpha value is -2.86. The van der Waals surface area contributed by atoms with Crippen LogP contribution in [0.4, 0.5) is 5.69 Å². The lowest BCUT2D eigenvalue weighted by molar-refractivity contribution is -0.139. The van der Waals surface area contributed by atoms with Crippen LogP contribution in [0.5, 0.6) is 0 Å². The van der Waals surface area contributed by atoms with Crippen molar-refractivity contribution in [2.45, 2.75) is 18.3 Å². The molecule has 2 N–H and O–H groups in total. The summed E-state index contributed by atoms with van der Waals surface area (Å²) in [4.78, 5) is 35.8. The van der Waals surface area contributed by atoms with E-state index in [-0.39, 0.29) is 12.5 Å².